The minimum atomic E-state index is -0.300. The first-order chi connectivity index (χ1) is 8.66. The molecule has 0 radical (unpaired) electrons. The summed E-state index contributed by atoms with van der Waals surface area (Å²) >= 11 is 0. The Kier molecular flexibility index (Phi) is 4.20. The van der Waals surface area contributed by atoms with Crippen LogP contribution in [0.4, 0.5) is 4.79 Å². The van der Waals surface area contributed by atoms with Crippen LogP contribution in [0.3, 0.4) is 0 Å². The maximum absolute atomic E-state index is 11.0. The fraction of sp³-hybridized carbons (Fsp3) is 0.500. The molecule has 0 aromatic heterocycles. The largest absolute Gasteiger partial charge is 0.351 e. The van der Waals surface area contributed by atoms with Gasteiger partial charge in [0.05, 0.1) is 0 Å². The zero-order chi connectivity index (χ0) is 13.0. The number of hydrogen-bond donors (Lipinski definition) is 1. The Morgan fingerprint density at radius 3 is 2.39 bits per heavy atom. The van der Waals surface area contributed by atoms with E-state index in [0.717, 1.165) is 32.7 Å². The second-order valence-electron chi connectivity index (χ2n) is 4.94. The Bertz CT molecular complexity index is 385. The normalized spacial score (nSPS) is 18.6. The molecule has 1 saturated heterocycles. The minimum Gasteiger partial charge on any atom is -0.351 e. The molecule has 0 bridgehead atoms. The van der Waals surface area contributed by atoms with Gasteiger partial charge in [0.15, 0.2) is 0 Å². The van der Waals surface area contributed by atoms with Gasteiger partial charge in [-0.05, 0) is 11.5 Å². The third kappa shape index (κ3) is 3.23. The first-order valence-electron chi connectivity index (χ1n) is 6.48. The molecule has 4 nitrogen and oxygen atoms in total. The van der Waals surface area contributed by atoms with Crippen molar-refractivity contribution < 1.29 is 4.79 Å². The molecule has 2 rings (SSSR count). The summed E-state index contributed by atoms with van der Waals surface area (Å²) in [5, 5.41) is 0. The molecule has 1 atom stereocenters. The van der Waals surface area contributed by atoms with Crippen LogP contribution >= 0.6 is 0 Å². The summed E-state index contributed by atoms with van der Waals surface area (Å²) in [7, 11) is 0. The molecule has 1 aromatic carbocycles. The highest BCUT2D eigenvalue weighted by molar-refractivity contribution is 5.72. The number of rotatable bonds is 3. The number of carbonyl (C=O) groups is 1. The van der Waals surface area contributed by atoms with Crippen LogP contribution in [-0.2, 0) is 0 Å². The molecule has 1 fully saturated rings. The molecular weight excluding hydrogens is 226 g/mol. The zero-order valence-electron chi connectivity index (χ0n) is 10.9. The number of nitrogens with zero attached hydrogens (tertiary/aromatic N) is 2. The number of primary amides is 1. The molecular formula is C14H21N3O. The van der Waals surface area contributed by atoms with Crippen LogP contribution in [0.2, 0.25) is 0 Å². The summed E-state index contributed by atoms with van der Waals surface area (Å²) in [5.41, 5.74) is 6.64. The van der Waals surface area contributed by atoms with Crippen LogP contribution in [0.5, 0.6) is 0 Å². The predicted molar refractivity (Wildman–Crippen MR) is 72.5 cm³/mol. The summed E-state index contributed by atoms with van der Waals surface area (Å²) in [6.07, 6.45) is 0. The van der Waals surface area contributed by atoms with Crippen molar-refractivity contribution in [1.29, 1.82) is 0 Å². The monoisotopic (exact) mass is 247 g/mol. The molecule has 2 amide bonds. The Hall–Kier alpha value is -1.55. The second kappa shape index (κ2) is 5.87. The van der Waals surface area contributed by atoms with E-state index in [9.17, 15) is 4.79 Å². The van der Waals surface area contributed by atoms with Gasteiger partial charge < -0.3 is 10.6 Å². The molecule has 1 unspecified atom stereocenters. The van der Waals surface area contributed by atoms with Gasteiger partial charge in [0, 0.05) is 32.7 Å². The highest BCUT2D eigenvalue weighted by Crippen LogP contribution is 2.16. The molecule has 1 aliphatic rings. The molecule has 0 aliphatic carbocycles. The third-order valence-corrected chi connectivity index (χ3v) is 3.58. The number of carbonyl (C=O) groups excluding carboxylic acids is 1. The van der Waals surface area contributed by atoms with Crippen molar-refractivity contribution in [1.82, 2.24) is 9.80 Å². The Balaban J connectivity index is 1.83. The van der Waals surface area contributed by atoms with E-state index in [1.54, 1.807) is 4.90 Å². The standard InChI is InChI=1S/C14H21N3O/c1-12(13-5-3-2-4-6-13)11-16-7-9-17(10-8-16)14(15)18/h2-6,12H,7-11H2,1H3,(H2,15,18). The highest BCUT2D eigenvalue weighted by atomic mass is 16.2. The van der Waals surface area contributed by atoms with Crippen molar-refractivity contribution >= 4 is 6.03 Å². The van der Waals surface area contributed by atoms with Gasteiger partial charge in [-0.15, -0.1) is 0 Å². The fourth-order valence-corrected chi connectivity index (χ4v) is 2.43. The van der Waals surface area contributed by atoms with E-state index >= 15 is 0 Å². The second-order valence-corrected chi connectivity index (χ2v) is 4.94. The number of urea groups is 1. The number of amides is 2. The van der Waals surface area contributed by atoms with E-state index in [1.165, 1.54) is 5.56 Å². The quantitative estimate of drug-likeness (QED) is 0.879. The number of benzene rings is 1. The van der Waals surface area contributed by atoms with Crippen LogP contribution in [0.1, 0.15) is 18.4 Å². The van der Waals surface area contributed by atoms with Crippen LogP contribution in [-0.4, -0.2) is 48.6 Å². The lowest BCUT2D eigenvalue weighted by Gasteiger charge is -2.35. The van der Waals surface area contributed by atoms with Crippen LogP contribution in [0.15, 0.2) is 30.3 Å². The fourth-order valence-electron chi connectivity index (χ4n) is 2.43. The first-order valence-corrected chi connectivity index (χ1v) is 6.48. The van der Waals surface area contributed by atoms with Crippen LogP contribution in [0, 0.1) is 0 Å². The molecule has 1 aromatic rings. The topological polar surface area (TPSA) is 49.6 Å². The lowest BCUT2D eigenvalue weighted by Crippen LogP contribution is -2.51. The molecule has 18 heavy (non-hydrogen) atoms. The van der Waals surface area contributed by atoms with E-state index in [1.807, 2.05) is 6.07 Å². The van der Waals surface area contributed by atoms with Gasteiger partial charge in [-0.25, -0.2) is 4.79 Å². The molecule has 1 heterocycles. The zero-order valence-corrected chi connectivity index (χ0v) is 10.9. The Morgan fingerprint density at radius 2 is 1.83 bits per heavy atom. The van der Waals surface area contributed by atoms with Crippen molar-refractivity contribution in [3.63, 3.8) is 0 Å². The van der Waals surface area contributed by atoms with Gasteiger partial charge >= 0.3 is 6.03 Å². The molecule has 0 spiro atoms. The molecule has 98 valence electrons. The maximum atomic E-state index is 11.0. The minimum absolute atomic E-state index is 0.300. The summed E-state index contributed by atoms with van der Waals surface area (Å²) in [6.45, 7) is 6.61. The van der Waals surface area contributed by atoms with Crippen molar-refractivity contribution in [2.24, 2.45) is 5.73 Å². The van der Waals surface area contributed by atoms with Crippen molar-refractivity contribution in [2.45, 2.75) is 12.8 Å². The van der Waals surface area contributed by atoms with Crippen molar-refractivity contribution in [3.8, 4) is 0 Å². The number of nitrogens with two attached hydrogens (primary N) is 1. The average Bonchev–Trinajstić information content (AvgIpc) is 2.40. The summed E-state index contributed by atoms with van der Waals surface area (Å²) < 4.78 is 0. The van der Waals surface area contributed by atoms with E-state index in [-0.39, 0.29) is 6.03 Å². The number of piperazine rings is 1. The molecule has 2 N–H and O–H groups in total. The van der Waals surface area contributed by atoms with Gasteiger partial charge in [0.25, 0.3) is 0 Å². The maximum Gasteiger partial charge on any atom is 0.314 e. The summed E-state index contributed by atoms with van der Waals surface area (Å²) in [6, 6.07) is 10.2. The number of hydrogen-bond acceptors (Lipinski definition) is 2. The summed E-state index contributed by atoms with van der Waals surface area (Å²) in [4.78, 5) is 15.1. The average molecular weight is 247 g/mol. The Morgan fingerprint density at radius 1 is 1.22 bits per heavy atom. The van der Waals surface area contributed by atoms with Gasteiger partial charge in [-0.2, -0.15) is 0 Å². The van der Waals surface area contributed by atoms with Crippen LogP contribution in [0.25, 0.3) is 0 Å². The Labute approximate surface area is 108 Å². The highest BCUT2D eigenvalue weighted by Gasteiger charge is 2.20. The van der Waals surface area contributed by atoms with Gasteiger partial charge in [-0.1, -0.05) is 37.3 Å². The smallest absolute Gasteiger partial charge is 0.314 e. The van der Waals surface area contributed by atoms with E-state index in [0.29, 0.717) is 5.92 Å². The van der Waals surface area contributed by atoms with E-state index < -0.39 is 0 Å². The van der Waals surface area contributed by atoms with Crippen molar-refractivity contribution in [3.05, 3.63) is 35.9 Å². The summed E-state index contributed by atoms with van der Waals surface area (Å²) in [5.74, 6) is 0.520. The van der Waals surface area contributed by atoms with E-state index in [2.05, 4.69) is 36.1 Å². The lowest BCUT2D eigenvalue weighted by atomic mass is 10.0. The van der Waals surface area contributed by atoms with Gasteiger partial charge in [0.1, 0.15) is 0 Å². The lowest BCUT2D eigenvalue weighted by molar-refractivity contribution is 0.141. The van der Waals surface area contributed by atoms with Gasteiger partial charge in [-0.3, -0.25) is 4.90 Å². The van der Waals surface area contributed by atoms with Crippen molar-refractivity contribution in [2.75, 3.05) is 32.7 Å². The van der Waals surface area contributed by atoms with E-state index in [4.69, 9.17) is 5.73 Å². The molecule has 0 saturated carbocycles. The first kappa shape index (κ1) is 12.9. The van der Waals surface area contributed by atoms with Gasteiger partial charge in [0.2, 0.25) is 0 Å². The van der Waals surface area contributed by atoms with Crippen LogP contribution < -0.4 is 5.73 Å². The predicted octanol–water partition coefficient (Wildman–Crippen LogP) is 1.49. The SMILES string of the molecule is CC(CN1CCN(C(N)=O)CC1)c1ccccc1. The molecule has 1 aliphatic heterocycles. The molecule has 4 heteroatoms. The third-order valence-electron chi connectivity index (χ3n) is 3.58.